The summed E-state index contributed by atoms with van der Waals surface area (Å²) in [6.07, 6.45) is 11.0. The molecule has 1 fully saturated rings. The summed E-state index contributed by atoms with van der Waals surface area (Å²) in [5, 5.41) is 3.10. The van der Waals surface area contributed by atoms with Gasteiger partial charge in [0.2, 0.25) is 0 Å². The van der Waals surface area contributed by atoms with Gasteiger partial charge in [-0.3, -0.25) is 14.8 Å². The zero-order valence-corrected chi connectivity index (χ0v) is 12.0. The number of carbonyl (C=O) groups excluding carboxylic acids is 1. The van der Waals surface area contributed by atoms with E-state index in [0.717, 1.165) is 24.1 Å². The van der Waals surface area contributed by atoms with Gasteiger partial charge in [-0.25, -0.2) is 0 Å². The average molecular weight is 281 g/mol. The summed E-state index contributed by atoms with van der Waals surface area (Å²) in [6, 6.07) is 7.85. The molecular weight excluding hydrogens is 262 g/mol. The van der Waals surface area contributed by atoms with E-state index in [0.29, 0.717) is 11.6 Å². The zero-order chi connectivity index (χ0) is 14.5. The molecule has 2 aromatic heterocycles. The Morgan fingerprint density at radius 1 is 1.10 bits per heavy atom. The summed E-state index contributed by atoms with van der Waals surface area (Å²) in [6.45, 7) is 0. The van der Waals surface area contributed by atoms with Crippen LogP contribution in [0.2, 0.25) is 0 Å². The molecule has 0 spiro atoms. The van der Waals surface area contributed by atoms with E-state index in [4.69, 9.17) is 0 Å². The Morgan fingerprint density at radius 3 is 2.62 bits per heavy atom. The molecule has 4 nitrogen and oxygen atoms in total. The Hall–Kier alpha value is -2.23. The average Bonchev–Trinajstić information content (AvgIpc) is 2.57. The van der Waals surface area contributed by atoms with Crippen molar-refractivity contribution in [1.29, 1.82) is 0 Å². The van der Waals surface area contributed by atoms with E-state index in [-0.39, 0.29) is 5.91 Å². The van der Waals surface area contributed by atoms with Gasteiger partial charge in [-0.1, -0.05) is 19.3 Å². The van der Waals surface area contributed by atoms with Gasteiger partial charge in [-0.05, 0) is 37.1 Å². The number of hydrogen-bond donors (Lipinski definition) is 1. The van der Waals surface area contributed by atoms with Crippen molar-refractivity contribution in [2.45, 2.75) is 38.1 Å². The second-order valence-corrected chi connectivity index (χ2v) is 5.48. The Balaban J connectivity index is 1.67. The first-order chi connectivity index (χ1) is 10.3. The minimum absolute atomic E-state index is 0.0212. The predicted octanol–water partition coefficient (Wildman–Crippen LogP) is 3.21. The third-order valence-electron chi connectivity index (χ3n) is 3.92. The standard InChI is InChI=1S/C17H19N3O/c21-17(20-15-6-2-1-3-7-15)14-8-9-16(19-12-14)13-5-4-10-18-11-13/h4-5,8-12,15H,1-3,6-7H2,(H,20,21). The lowest BCUT2D eigenvalue weighted by atomic mass is 9.95. The molecule has 0 bridgehead atoms. The second-order valence-electron chi connectivity index (χ2n) is 5.48. The number of carbonyl (C=O) groups is 1. The third-order valence-corrected chi connectivity index (χ3v) is 3.92. The lowest BCUT2D eigenvalue weighted by Gasteiger charge is -2.22. The van der Waals surface area contributed by atoms with Gasteiger partial charge in [0.25, 0.3) is 5.91 Å². The molecule has 108 valence electrons. The van der Waals surface area contributed by atoms with Crippen LogP contribution in [-0.2, 0) is 0 Å². The highest BCUT2D eigenvalue weighted by molar-refractivity contribution is 5.94. The van der Waals surface area contributed by atoms with Crippen LogP contribution < -0.4 is 5.32 Å². The van der Waals surface area contributed by atoms with E-state index in [1.807, 2.05) is 24.3 Å². The number of hydrogen-bond acceptors (Lipinski definition) is 3. The van der Waals surface area contributed by atoms with Gasteiger partial charge < -0.3 is 5.32 Å². The minimum atomic E-state index is -0.0212. The summed E-state index contributed by atoms with van der Waals surface area (Å²) < 4.78 is 0. The molecule has 1 saturated carbocycles. The van der Waals surface area contributed by atoms with Crippen molar-refractivity contribution in [2.75, 3.05) is 0 Å². The highest BCUT2D eigenvalue weighted by Gasteiger charge is 2.16. The topological polar surface area (TPSA) is 54.9 Å². The van der Waals surface area contributed by atoms with E-state index in [1.54, 1.807) is 18.6 Å². The molecule has 0 aromatic carbocycles. The second kappa shape index (κ2) is 6.48. The number of aromatic nitrogens is 2. The lowest BCUT2D eigenvalue weighted by Crippen LogP contribution is -2.36. The van der Waals surface area contributed by atoms with Crippen molar-refractivity contribution >= 4 is 5.91 Å². The van der Waals surface area contributed by atoms with E-state index < -0.39 is 0 Å². The molecule has 1 amide bonds. The normalized spacial score (nSPS) is 15.6. The molecule has 2 heterocycles. The summed E-state index contributed by atoms with van der Waals surface area (Å²) in [4.78, 5) is 20.6. The van der Waals surface area contributed by atoms with Crippen LogP contribution in [0.25, 0.3) is 11.3 Å². The molecule has 1 N–H and O–H groups in total. The van der Waals surface area contributed by atoms with Gasteiger partial charge in [0.15, 0.2) is 0 Å². The summed E-state index contributed by atoms with van der Waals surface area (Å²) in [5.74, 6) is -0.0212. The first-order valence-corrected chi connectivity index (χ1v) is 7.50. The quantitative estimate of drug-likeness (QED) is 0.940. The predicted molar refractivity (Wildman–Crippen MR) is 81.8 cm³/mol. The molecule has 0 unspecified atom stereocenters. The van der Waals surface area contributed by atoms with E-state index >= 15 is 0 Å². The van der Waals surface area contributed by atoms with Crippen molar-refractivity contribution < 1.29 is 4.79 Å². The zero-order valence-electron chi connectivity index (χ0n) is 12.0. The molecule has 1 aliphatic carbocycles. The molecule has 0 radical (unpaired) electrons. The molecule has 0 atom stereocenters. The van der Waals surface area contributed by atoms with Gasteiger partial charge in [0, 0.05) is 30.2 Å². The van der Waals surface area contributed by atoms with E-state index in [1.165, 1.54) is 19.3 Å². The van der Waals surface area contributed by atoms with Gasteiger partial charge in [0.05, 0.1) is 11.3 Å². The molecule has 21 heavy (non-hydrogen) atoms. The molecular formula is C17H19N3O. The SMILES string of the molecule is O=C(NC1CCCCC1)c1ccc(-c2cccnc2)nc1. The van der Waals surface area contributed by atoms with Gasteiger partial charge in [-0.2, -0.15) is 0 Å². The van der Waals surface area contributed by atoms with Crippen LogP contribution in [0.5, 0.6) is 0 Å². The summed E-state index contributed by atoms with van der Waals surface area (Å²) in [7, 11) is 0. The first-order valence-electron chi connectivity index (χ1n) is 7.50. The molecule has 0 saturated heterocycles. The monoisotopic (exact) mass is 281 g/mol. The maximum Gasteiger partial charge on any atom is 0.253 e. The Kier molecular flexibility index (Phi) is 4.24. The highest BCUT2D eigenvalue weighted by Crippen LogP contribution is 2.18. The first kappa shape index (κ1) is 13.7. The molecule has 4 heteroatoms. The molecule has 1 aliphatic rings. The third kappa shape index (κ3) is 3.45. The number of rotatable bonds is 3. The van der Waals surface area contributed by atoms with E-state index in [9.17, 15) is 4.79 Å². The molecule has 2 aromatic rings. The van der Waals surface area contributed by atoms with Crippen LogP contribution in [0, 0.1) is 0 Å². The van der Waals surface area contributed by atoms with E-state index in [2.05, 4.69) is 15.3 Å². The fourth-order valence-corrected chi connectivity index (χ4v) is 2.73. The minimum Gasteiger partial charge on any atom is -0.349 e. The fourth-order valence-electron chi connectivity index (χ4n) is 2.73. The number of nitrogens with zero attached hydrogens (tertiary/aromatic N) is 2. The lowest BCUT2D eigenvalue weighted by molar-refractivity contribution is 0.0927. The Labute approximate surface area is 124 Å². The number of amides is 1. The van der Waals surface area contributed by atoms with Crippen molar-refractivity contribution in [3.63, 3.8) is 0 Å². The molecule has 3 rings (SSSR count). The summed E-state index contributed by atoms with van der Waals surface area (Å²) in [5.41, 5.74) is 2.40. The maximum atomic E-state index is 12.2. The van der Waals surface area contributed by atoms with Crippen LogP contribution in [0.1, 0.15) is 42.5 Å². The van der Waals surface area contributed by atoms with Gasteiger partial charge >= 0.3 is 0 Å². The summed E-state index contributed by atoms with van der Waals surface area (Å²) >= 11 is 0. The van der Waals surface area contributed by atoms with Crippen LogP contribution in [0.15, 0.2) is 42.9 Å². The van der Waals surface area contributed by atoms with Gasteiger partial charge in [-0.15, -0.1) is 0 Å². The maximum absolute atomic E-state index is 12.2. The number of pyridine rings is 2. The smallest absolute Gasteiger partial charge is 0.253 e. The van der Waals surface area contributed by atoms with Crippen molar-refractivity contribution in [2.24, 2.45) is 0 Å². The molecule has 0 aliphatic heterocycles. The number of nitrogens with one attached hydrogen (secondary N) is 1. The Morgan fingerprint density at radius 2 is 1.95 bits per heavy atom. The van der Waals surface area contributed by atoms with Crippen LogP contribution >= 0.6 is 0 Å². The van der Waals surface area contributed by atoms with Crippen LogP contribution in [-0.4, -0.2) is 21.9 Å². The highest BCUT2D eigenvalue weighted by atomic mass is 16.1. The van der Waals surface area contributed by atoms with Crippen molar-refractivity contribution in [3.05, 3.63) is 48.4 Å². The van der Waals surface area contributed by atoms with Crippen LogP contribution in [0.3, 0.4) is 0 Å². The van der Waals surface area contributed by atoms with Gasteiger partial charge in [0.1, 0.15) is 0 Å². The largest absolute Gasteiger partial charge is 0.349 e. The van der Waals surface area contributed by atoms with Crippen LogP contribution in [0.4, 0.5) is 0 Å². The van der Waals surface area contributed by atoms with Crippen molar-refractivity contribution in [1.82, 2.24) is 15.3 Å². The Bertz CT molecular complexity index is 589. The fraction of sp³-hybridized carbons (Fsp3) is 0.353. The van der Waals surface area contributed by atoms with Crippen molar-refractivity contribution in [3.8, 4) is 11.3 Å².